The highest BCUT2D eigenvalue weighted by Crippen LogP contribution is 2.31. The van der Waals surface area contributed by atoms with Gasteiger partial charge in [0, 0.05) is 10.8 Å². The number of aromatic nitrogens is 4. The van der Waals surface area contributed by atoms with Gasteiger partial charge in [0.1, 0.15) is 5.82 Å². The molecule has 0 saturated carbocycles. The van der Waals surface area contributed by atoms with Gasteiger partial charge in [0.05, 0.1) is 19.0 Å². The van der Waals surface area contributed by atoms with Crippen molar-refractivity contribution in [3.05, 3.63) is 76.8 Å². The number of ether oxygens (including phenoxy) is 1. The Kier molecular flexibility index (Phi) is 6.50. The predicted octanol–water partition coefficient (Wildman–Crippen LogP) is 5.07. The number of carbonyl (C=O) groups excluding carboxylic acids is 1. The molecule has 0 aliphatic carbocycles. The van der Waals surface area contributed by atoms with Crippen molar-refractivity contribution in [1.82, 2.24) is 20.0 Å². The van der Waals surface area contributed by atoms with E-state index >= 15 is 0 Å². The van der Waals surface area contributed by atoms with Gasteiger partial charge in [-0.05, 0) is 35.9 Å². The molecule has 0 radical (unpaired) electrons. The van der Waals surface area contributed by atoms with Crippen molar-refractivity contribution >= 4 is 45.7 Å². The lowest BCUT2D eigenvalue weighted by Crippen LogP contribution is -2.14. The summed E-state index contributed by atoms with van der Waals surface area (Å²) >= 11 is 8.90. The largest absolute Gasteiger partial charge is 0.493 e. The van der Waals surface area contributed by atoms with E-state index < -0.39 is 5.91 Å². The van der Waals surface area contributed by atoms with Crippen molar-refractivity contribution < 1.29 is 13.9 Å². The number of benzene rings is 2. The predicted molar refractivity (Wildman–Crippen MR) is 119 cm³/mol. The number of thioether (sulfide) groups is 1. The van der Waals surface area contributed by atoms with E-state index in [1.807, 2.05) is 24.3 Å². The summed E-state index contributed by atoms with van der Waals surface area (Å²) in [6, 6.07) is 13.3. The van der Waals surface area contributed by atoms with E-state index in [4.69, 9.17) is 16.3 Å². The van der Waals surface area contributed by atoms with E-state index in [1.54, 1.807) is 18.3 Å². The topological polar surface area (TPSA) is 81.9 Å². The number of nitrogens with one attached hydrogen (secondary N) is 1. The fourth-order valence-corrected chi connectivity index (χ4v) is 4.65. The molecule has 2 aromatic carbocycles. The average Bonchev–Trinajstić information content (AvgIpc) is 3.40. The van der Waals surface area contributed by atoms with Gasteiger partial charge in [0.25, 0.3) is 5.91 Å². The van der Waals surface area contributed by atoms with E-state index in [0.717, 1.165) is 5.56 Å². The Labute approximate surface area is 190 Å². The quantitative estimate of drug-likeness (QED) is 0.297. The first-order chi connectivity index (χ1) is 15.0. The first-order valence-electron chi connectivity index (χ1n) is 8.94. The molecule has 0 fully saturated rings. The van der Waals surface area contributed by atoms with Crippen LogP contribution in [-0.2, 0) is 5.75 Å². The van der Waals surface area contributed by atoms with Crippen LogP contribution in [0.3, 0.4) is 0 Å². The van der Waals surface area contributed by atoms with E-state index in [0.29, 0.717) is 25.9 Å². The van der Waals surface area contributed by atoms with Crippen LogP contribution in [0.5, 0.6) is 5.75 Å². The highest BCUT2D eigenvalue weighted by molar-refractivity contribution is 8.00. The van der Waals surface area contributed by atoms with Crippen molar-refractivity contribution in [1.29, 1.82) is 0 Å². The molecule has 0 spiro atoms. The Morgan fingerprint density at radius 1 is 1.23 bits per heavy atom. The van der Waals surface area contributed by atoms with Crippen LogP contribution in [0.4, 0.5) is 9.52 Å². The third kappa shape index (κ3) is 5.04. The van der Waals surface area contributed by atoms with E-state index in [2.05, 4.69) is 20.6 Å². The molecule has 158 valence electrons. The fourth-order valence-electron chi connectivity index (χ4n) is 2.62. The summed E-state index contributed by atoms with van der Waals surface area (Å²) in [5, 5.41) is 16.1. The van der Waals surface area contributed by atoms with Gasteiger partial charge >= 0.3 is 0 Å². The van der Waals surface area contributed by atoms with Gasteiger partial charge in [-0.25, -0.2) is 9.07 Å². The van der Waals surface area contributed by atoms with Crippen LogP contribution in [0.2, 0.25) is 5.02 Å². The fraction of sp³-hybridized carbons (Fsp3) is 0.100. The van der Waals surface area contributed by atoms with Gasteiger partial charge in [-0.1, -0.05) is 52.9 Å². The summed E-state index contributed by atoms with van der Waals surface area (Å²) < 4.78 is 20.6. The van der Waals surface area contributed by atoms with Crippen LogP contribution < -0.4 is 10.1 Å². The Hall–Kier alpha value is -2.95. The van der Waals surface area contributed by atoms with Gasteiger partial charge in [-0.2, -0.15) is 5.10 Å². The van der Waals surface area contributed by atoms with Crippen molar-refractivity contribution in [2.45, 2.75) is 10.1 Å². The summed E-state index contributed by atoms with van der Waals surface area (Å²) in [6.07, 6.45) is 1.55. The lowest BCUT2D eigenvalue weighted by Gasteiger charge is -2.01. The number of carbonyl (C=O) groups is 1. The molecular weight excluding hydrogens is 461 g/mol. The highest BCUT2D eigenvalue weighted by Gasteiger charge is 2.20. The third-order valence-electron chi connectivity index (χ3n) is 4.14. The summed E-state index contributed by atoms with van der Waals surface area (Å²) in [7, 11) is 1.44. The maximum Gasteiger partial charge on any atom is 0.281 e. The van der Waals surface area contributed by atoms with Gasteiger partial charge in [-0.3, -0.25) is 10.1 Å². The van der Waals surface area contributed by atoms with Crippen LogP contribution in [0.25, 0.3) is 5.69 Å². The smallest absolute Gasteiger partial charge is 0.281 e. The second-order valence-corrected chi connectivity index (χ2v) is 8.78. The molecular formula is C20H15ClFN5O2S2. The number of halogens is 2. The Morgan fingerprint density at radius 3 is 2.74 bits per heavy atom. The van der Waals surface area contributed by atoms with Gasteiger partial charge in [0.15, 0.2) is 15.8 Å². The molecule has 0 atom stereocenters. The molecule has 4 rings (SSSR count). The summed E-state index contributed by atoms with van der Waals surface area (Å²) in [4.78, 5) is 12.7. The minimum atomic E-state index is -0.489. The number of amides is 1. The van der Waals surface area contributed by atoms with Crippen molar-refractivity contribution in [2.75, 3.05) is 12.4 Å². The zero-order chi connectivity index (χ0) is 21.8. The molecule has 0 aliphatic rings. The number of rotatable bonds is 7. The first kappa shape index (κ1) is 21.3. The second-order valence-electron chi connectivity index (χ2n) is 6.17. The van der Waals surface area contributed by atoms with E-state index in [1.165, 1.54) is 47.0 Å². The number of hydrogen-bond acceptors (Lipinski definition) is 7. The lowest BCUT2D eigenvalue weighted by molar-refractivity contribution is 0.101. The monoisotopic (exact) mass is 475 g/mol. The molecule has 2 heterocycles. The summed E-state index contributed by atoms with van der Waals surface area (Å²) in [5.74, 6) is 0.0644. The first-order valence-corrected chi connectivity index (χ1v) is 11.1. The Bertz CT molecular complexity index is 1210. The minimum absolute atomic E-state index is 0.0762. The number of hydrogen-bond donors (Lipinski definition) is 1. The second kappa shape index (κ2) is 9.46. The normalized spacial score (nSPS) is 10.8. The molecule has 2 aromatic heterocycles. The zero-order valence-electron chi connectivity index (χ0n) is 16.1. The number of anilines is 1. The number of nitrogens with zero attached hydrogens (tertiary/aromatic N) is 4. The number of methoxy groups -OCH3 is 1. The van der Waals surface area contributed by atoms with Crippen LogP contribution in [0.15, 0.2) is 59.1 Å². The van der Waals surface area contributed by atoms with Gasteiger partial charge in [0.2, 0.25) is 5.13 Å². The molecule has 0 bridgehead atoms. The van der Waals surface area contributed by atoms with Crippen LogP contribution in [-0.4, -0.2) is 33.0 Å². The van der Waals surface area contributed by atoms with Crippen molar-refractivity contribution in [2.24, 2.45) is 0 Å². The lowest BCUT2D eigenvalue weighted by atomic mass is 10.2. The van der Waals surface area contributed by atoms with Crippen LogP contribution >= 0.6 is 34.7 Å². The maximum absolute atomic E-state index is 13.2. The average molecular weight is 476 g/mol. The van der Waals surface area contributed by atoms with E-state index in [9.17, 15) is 9.18 Å². The minimum Gasteiger partial charge on any atom is -0.493 e. The standard InChI is InChI=1S/C20H15ClFN5O2S2/c1-29-16-10-27(14-8-6-13(22)7-9-14)26-17(16)18(28)23-19-24-25-20(31-19)30-11-12-4-2-3-5-15(12)21/h2-10H,11H2,1H3,(H,23,24,28). The Morgan fingerprint density at radius 2 is 2.00 bits per heavy atom. The summed E-state index contributed by atoms with van der Waals surface area (Å²) in [5.41, 5.74) is 1.66. The summed E-state index contributed by atoms with van der Waals surface area (Å²) in [6.45, 7) is 0. The molecule has 7 nitrogen and oxygen atoms in total. The molecule has 31 heavy (non-hydrogen) atoms. The van der Waals surface area contributed by atoms with E-state index in [-0.39, 0.29) is 17.3 Å². The molecule has 11 heteroatoms. The maximum atomic E-state index is 13.2. The van der Waals surface area contributed by atoms with Gasteiger partial charge in [-0.15, -0.1) is 10.2 Å². The van der Waals surface area contributed by atoms with Crippen molar-refractivity contribution in [3.8, 4) is 11.4 Å². The highest BCUT2D eigenvalue weighted by atomic mass is 35.5. The van der Waals surface area contributed by atoms with Gasteiger partial charge < -0.3 is 4.74 Å². The van der Waals surface area contributed by atoms with Crippen molar-refractivity contribution in [3.63, 3.8) is 0 Å². The molecule has 4 aromatic rings. The molecule has 1 amide bonds. The molecule has 0 aliphatic heterocycles. The molecule has 0 saturated heterocycles. The molecule has 1 N–H and O–H groups in total. The molecule has 0 unspecified atom stereocenters. The SMILES string of the molecule is COc1cn(-c2ccc(F)cc2)nc1C(=O)Nc1nnc(SCc2ccccc2Cl)s1. The van der Waals surface area contributed by atoms with Crippen LogP contribution in [0.1, 0.15) is 16.1 Å². The third-order valence-corrected chi connectivity index (χ3v) is 6.53. The van der Waals surface area contributed by atoms with Crippen LogP contribution in [0, 0.1) is 5.82 Å². The zero-order valence-corrected chi connectivity index (χ0v) is 18.5. The Balaban J connectivity index is 1.45.